The van der Waals surface area contributed by atoms with Gasteiger partial charge in [-0.1, -0.05) is 0 Å². The molecule has 1 aliphatic rings. The average molecular weight is 264 g/mol. The Kier molecular flexibility index (Phi) is 4.25. The summed E-state index contributed by atoms with van der Waals surface area (Å²) in [6.45, 7) is 6.98. The summed E-state index contributed by atoms with van der Waals surface area (Å²) in [7, 11) is 0. The maximum absolute atomic E-state index is 11.7. The van der Waals surface area contributed by atoms with Crippen molar-refractivity contribution in [3.05, 3.63) is 23.5 Å². The monoisotopic (exact) mass is 264 g/mol. The van der Waals surface area contributed by atoms with Crippen molar-refractivity contribution in [2.24, 2.45) is 0 Å². The van der Waals surface area contributed by atoms with E-state index in [1.807, 2.05) is 6.07 Å². The molecule has 1 fully saturated rings. The highest BCUT2D eigenvalue weighted by Crippen LogP contribution is 2.41. The zero-order chi connectivity index (χ0) is 14.7. The van der Waals surface area contributed by atoms with E-state index < -0.39 is 17.2 Å². The van der Waals surface area contributed by atoms with Gasteiger partial charge in [-0.15, -0.1) is 0 Å². The van der Waals surface area contributed by atoms with Gasteiger partial charge in [-0.05, 0) is 52.7 Å². The highest BCUT2D eigenvalue weighted by atomic mass is 16.6. The molecule has 0 spiro atoms. The topological polar surface area (TPSA) is 82.4 Å². The molecule has 0 aromatic rings. The minimum Gasteiger partial charge on any atom is -0.510 e. The summed E-state index contributed by atoms with van der Waals surface area (Å²) >= 11 is 0. The summed E-state index contributed by atoms with van der Waals surface area (Å²) in [5.41, 5.74) is -0.814. The second kappa shape index (κ2) is 5.35. The molecule has 1 rings (SSSR count). The van der Waals surface area contributed by atoms with Crippen LogP contribution in [0, 0.1) is 11.3 Å². The minimum absolute atomic E-state index is 0.0490. The fourth-order valence-corrected chi connectivity index (χ4v) is 1.47. The number of amides is 1. The molecule has 0 heterocycles. The Bertz CT molecular complexity index is 460. The summed E-state index contributed by atoms with van der Waals surface area (Å²) in [6, 6.07) is 1.96. The van der Waals surface area contributed by atoms with Gasteiger partial charge in [0.05, 0.1) is 6.07 Å². The third-order valence-corrected chi connectivity index (χ3v) is 2.65. The van der Waals surface area contributed by atoms with Crippen LogP contribution in [0.2, 0.25) is 0 Å². The van der Waals surface area contributed by atoms with Gasteiger partial charge >= 0.3 is 6.09 Å². The van der Waals surface area contributed by atoms with Gasteiger partial charge in [0.15, 0.2) is 0 Å². The Labute approximate surface area is 113 Å². The number of ether oxygens (including phenoxy) is 1. The van der Waals surface area contributed by atoms with E-state index in [4.69, 9.17) is 10.00 Å². The molecule has 19 heavy (non-hydrogen) atoms. The number of carbonyl (C=O) groups excluding carboxylic acids is 1. The first-order chi connectivity index (χ1) is 8.68. The number of hydrogen-bond donors (Lipinski definition) is 2. The molecule has 0 aromatic heterocycles. The lowest BCUT2D eigenvalue weighted by molar-refractivity contribution is 0.0493. The molecule has 1 saturated carbocycles. The van der Waals surface area contributed by atoms with E-state index in [-0.39, 0.29) is 5.76 Å². The fourth-order valence-electron chi connectivity index (χ4n) is 1.47. The molecule has 0 saturated heterocycles. The van der Waals surface area contributed by atoms with Crippen LogP contribution < -0.4 is 5.32 Å². The number of hydrogen-bond acceptors (Lipinski definition) is 4. The highest BCUT2D eigenvalue weighted by Gasteiger charge is 2.48. The second-order valence-electron chi connectivity index (χ2n) is 5.72. The normalized spacial score (nSPS) is 18.5. The van der Waals surface area contributed by atoms with E-state index in [0.717, 1.165) is 0 Å². The molecular formula is C14H20N2O3. The van der Waals surface area contributed by atoms with Crippen LogP contribution in [0.4, 0.5) is 4.79 Å². The Balaban J connectivity index is 2.68. The number of aliphatic hydroxyl groups excluding tert-OH is 1. The van der Waals surface area contributed by atoms with Crippen molar-refractivity contribution < 1.29 is 14.6 Å². The predicted octanol–water partition coefficient (Wildman–Crippen LogP) is 2.96. The molecule has 0 aliphatic heterocycles. The Hall–Kier alpha value is -1.96. The standard InChI is InChI=1S/C14H20N2O3/c1-10(9-15)5-6-11(17)14(7-8-14)16-12(18)19-13(2,3)4/h5-6,17H,7-8H2,1-4H3,(H,16,18)/b10-5+,11-6-. The van der Waals surface area contributed by atoms with Crippen LogP contribution in [-0.4, -0.2) is 22.3 Å². The summed E-state index contributed by atoms with van der Waals surface area (Å²) in [5, 5.41) is 21.3. The fraction of sp³-hybridized carbons (Fsp3) is 0.571. The zero-order valence-corrected chi connectivity index (χ0v) is 11.8. The van der Waals surface area contributed by atoms with E-state index >= 15 is 0 Å². The van der Waals surface area contributed by atoms with Crippen molar-refractivity contribution in [2.75, 3.05) is 0 Å². The number of nitriles is 1. The van der Waals surface area contributed by atoms with Gasteiger partial charge < -0.3 is 15.2 Å². The largest absolute Gasteiger partial charge is 0.510 e. The van der Waals surface area contributed by atoms with Gasteiger partial charge in [-0.25, -0.2) is 4.79 Å². The summed E-state index contributed by atoms with van der Waals surface area (Å²) < 4.78 is 5.15. The number of alkyl carbamates (subject to hydrolysis) is 1. The summed E-state index contributed by atoms with van der Waals surface area (Å²) in [6.07, 6.45) is 3.74. The minimum atomic E-state index is -0.728. The smallest absolute Gasteiger partial charge is 0.408 e. The van der Waals surface area contributed by atoms with Crippen molar-refractivity contribution in [3.63, 3.8) is 0 Å². The molecule has 0 radical (unpaired) electrons. The van der Waals surface area contributed by atoms with Crippen LogP contribution >= 0.6 is 0 Å². The molecule has 5 nitrogen and oxygen atoms in total. The van der Waals surface area contributed by atoms with Crippen molar-refractivity contribution in [2.45, 2.75) is 51.7 Å². The second-order valence-corrected chi connectivity index (χ2v) is 5.72. The molecular weight excluding hydrogens is 244 g/mol. The average Bonchev–Trinajstić information content (AvgIpc) is 3.03. The van der Waals surface area contributed by atoms with Crippen LogP contribution in [0.3, 0.4) is 0 Å². The molecule has 2 N–H and O–H groups in total. The van der Waals surface area contributed by atoms with E-state index in [2.05, 4.69) is 5.32 Å². The molecule has 5 heteroatoms. The summed E-state index contributed by atoms with van der Waals surface area (Å²) in [5.74, 6) is 0.0490. The van der Waals surface area contributed by atoms with E-state index in [1.165, 1.54) is 12.2 Å². The first-order valence-corrected chi connectivity index (χ1v) is 6.18. The lowest BCUT2D eigenvalue weighted by atomic mass is 10.2. The van der Waals surface area contributed by atoms with E-state index in [0.29, 0.717) is 18.4 Å². The van der Waals surface area contributed by atoms with Crippen LogP contribution in [0.5, 0.6) is 0 Å². The molecule has 104 valence electrons. The van der Waals surface area contributed by atoms with E-state index in [1.54, 1.807) is 27.7 Å². The Morgan fingerprint density at radius 1 is 1.42 bits per heavy atom. The van der Waals surface area contributed by atoms with Gasteiger partial charge in [0, 0.05) is 5.57 Å². The number of rotatable bonds is 3. The number of nitrogens with one attached hydrogen (secondary N) is 1. The molecule has 1 amide bonds. The molecule has 0 atom stereocenters. The first-order valence-electron chi connectivity index (χ1n) is 6.18. The lowest BCUT2D eigenvalue weighted by Gasteiger charge is -2.23. The van der Waals surface area contributed by atoms with Gasteiger partial charge in [-0.3, -0.25) is 0 Å². The third kappa shape index (κ3) is 4.66. The molecule has 0 aromatic carbocycles. The van der Waals surface area contributed by atoms with Crippen molar-refractivity contribution in [1.29, 1.82) is 5.26 Å². The van der Waals surface area contributed by atoms with Crippen molar-refractivity contribution in [3.8, 4) is 6.07 Å². The molecule has 0 bridgehead atoms. The van der Waals surface area contributed by atoms with Crippen LogP contribution in [0.25, 0.3) is 0 Å². The molecule has 0 unspecified atom stereocenters. The van der Waals surface area contributed by atoms with Crippen molar-refractivity contribution in [1.82, 2.24) is 5.32 Å². The van der Waals surface area contributed by atoms with Crippen LogP contribution in [-0.2, 0) is 4.74 Å². The Morgan fingerprint density at radius 3 is 2.42 bits per heavy atom. The summed E-state index contributed by atoms with van der Waals surface area (Å²) in [4.78, 5) is 11.7. The van der Waals surface area contributed by atoms with Crippen LogP contribution in [0.1, 0.15) is 40.5 Å². The van der Waals surface area contributed by atoms with Gasteiger partial charge in [-0.2, -0.15) is 5.26 Å². The quantitative estimate of drug-likeness (QED) is 0.466. The highest BCUT2D eigenvalue weighted by molar-refractivity contribution is 5.70. The van der Waals surface area contributed by atoms with Gasteiger partial charge in [0.1, 0.15) is 16.9 Å². The number of aliphatic hydroxyl groups is 1. The number of carbonyl (C=O) groups is 1. The van der Waals surface area contributed by atoms with Gasteiger partial charge in [0.2, 0.25) is 0 Å². The number of allylic oxidation sites excluding steroid dienone is 3. The van der Waals surface area contributed by atoms with Crippen LogP contribution in [0.15, 0.2) is 23.5 Å². The predicted molar refractivity (Wildman–Crippen MR) is 71.4 cm³/mol. The van der Waals surface area contributed by atoms with Gasteiger partial charge in [0.25, 0.3) is 0 Å². The van der Waals surface area contributed by atoms with E-state index in [9.17, 15) is 9.90 Å². The maximum atomic E-state index is 11.7. The maximum Gasteiger partial charge on any atom is 0.408 e. The number of nitrogens with zero attached hydrogens (tertiary/aromatic N) is 1. The molecule has 1 aliphatic carbocycles. The van der Waals surface area contributed by atoms with Crippen molar-refractivity contribution >= 4 is 6.09 Å². The lowest BCUT2D eigenvalue weighted by Crippen LogP contribution is -2.41. The third-order valence-electron chi connectivity index (χ3n) is 2.65. The zero-order valence-electron chi connectivity index (χ0n) is 11.8. The Morgan fingerprint density at radius 2 is 2.00 bits per heavy atom. The SMILES string of the molecule is C/C(C#N)=C\C=C(/O)C1(NC(=O)OC(C)(C)C)CC1. The first kappa shape index (κ1) is 15.1.